The van der Waals surface area contributed by atoms with Crippen LogP contribution in [-0.4, -0.2) is 47.6 Å². The van der Waals surface area contributed by atoms with Crippen LogP contribution in [0, 0.1) is 0 Å². The van der Waals surface area contributed by atoms with Crippen molar-refractivity contribution in [1.29, 1.82) is 0 Å². The molecule has 6 heteroatoms. The Morgan fingerprint density at radius 2 is 2.35 bits per heavy atom. The van der Waals surface area contributed by atoms with Gasteiger partial charge in [0.2, 0.25) is 0 Å². The molecule has 1 aliphatic heterocycles. The van der Waals surface area contributed by atoms with Crippen LogP contribution in [-0.2, 0) is 11.3 Å². The third-order valence-electron chi connectivity index (χ3n) is 4.33. The molecule has 5 nitrogen and oxygen atoms in total. The molecule has 3 rings (SSSR count). The van der Waals surface area contributed by atoms with E-state index in [2.05, 4.69) is 23.0 Å². The van der Waals surface area contributed by atoms with Gasteiger partial charge in [-0.1, -0.05) is 17.7 Å². The predicted octanol–water partition coefficient (Wildman–Crippen LogP) is 3.01. The standard InChI is InChI=1S/C17H22ClN3O2/c1-13(14-4-5-17(22-2)16(18)10-14)20-8-9-23-15(11-20)12-21-7-3-6-19-21/h3-7,10,13,15H,8-9,11-12H2,1-2H3. The molecule has 2 heterocycles. The minimum atomic E-state index is 0.153. The van der Waals surface area contributed by atoms with Gasteiger partial charge in [-0.15, -0.1) is 0 Å². The molecule has 0 radical (unpaired) electrons. The van der Waals surface area contributed by atoms with Crippen molar-refractivity contribution in [3.63, 3.8) is 0 Å². The fraction of sp³-hybridized carbons (Fsp3) is 0.471. The van der Waals surface area contributed by atoms with E-state index in [1.807, 2.05) is 29.1 Å². The molecule has 0 aliphatic carbocycles. The van der Waals surface area contributed by atoms with Crippen molar-refractivity contribution in [3.05, 3.63) is 47.2 Å². The summed E-state index contributed by atoms with van der Waals surface area (Å²) in [4.78, 5) is 2.43. The number of rotatable bonds is 5. The number of methoxy groups -OCH3 is 1. The van der Waals surface area contributed by atoms with Crippen molar-refractivity contribution in [2.24, 2.45) is 0 Å². The van der Waals surface area contributed by atoms with E-state index in [-0.39, 0.29) is 12.1 Å². The second-order valence-corrected chi connectivity index (χ2v) is 6.19. The molecule has 1 saturated heterocycles. The zero-order valence-electron chi connectivity index (χ0n) is 13.5. The first kappa shape index (κ1) is 16.3. The molecule has 0 saturated carbocycles. The molecule has 2 aromatic rings. The van der Waals surface area contributed by atoms with E-state index in [1.165, 1.54) is 5.56 Å². The summed E-state index contributed by atoms with van der Waals surface area (Å²) in [5.74, 6) is 0.709. The maximum absolute atomic E-state index is 6.26. The van der Waals surface area contributed by atoms with E-state index < -0.39 is 0 Å². The van der Waals surface area contributed by atoms with Crippen molar-refractivity contribution >= 4 is 11.6 Å². The molecule has 0 spiro atoms. The molecule has 0 N–H and O–H groups in total. The molecule has 2 unspecified atom stereocenters. The summed E-state index contributed by atoms with van der Waals surface area (Å²) in [6.07, 6.45) is 3.91. The molecule has 23 heavy (non-hydrogen) atoms. The first-order chi connectivity index (χ1) is 11.2. The number of aromatic nitrogens is 2. The third kappa shape index (κ3) is 3.86. The molecule has 124 valence electrons. The lowest BCUT2D eigenvalue weighted by Gasteiger charge is -2.37. The van der Waals surface area contributed by atoms with Crippen molar-refractivity contribution in [1.82, 2.24) is 14.7 Å². The van der Waals surface area contributed by atoms with Gasteiger partial charge in [-0.05, 0) is 30.7 Å². The van der Waals surface area contributed by atoms with Crippen LogP contribution >= 0.6 is 11.6 Å². The Kier molecular flexibility index (Phi) is 5.20. The normalized spacial score (nSPS) is 20.4. The van der Waals surface area contributed by atoms with E-state index in [9.17, 15) is 0 Å². The van der Waals surface area contributed by atoms with Crippen LogP contribution in [0.1, 0.15) is 18.5 Å². The summed E-state index contributed by atoms with van der Waals surface area (Å²) >= 11 is 6.26. The number of morpholine rings is 1. The van der Waals surface area contributed by atoms with Gasteiger partial charge in [-0.2, -0.15) is 5.10 Å². The Morgan fingerprint density at radius 1 is 1.48 bits per heavy atom. The number of hydrogen-bond acceptors (Lipinski definition) is 4. The Hall–Kier alpha value is -1.56. The predicted molar refractivity (Wildman–Crippen MR) is 90.0 cm³/mol. The van der Waals surface area contributed by atoms with Crippen LogP contribution in [0.5, 0.6) is 5.75 Å². The highest BCUT2D eigenvalue weighted by atomic mass is 35.5. The molecular weight excluding hydrogens is 314 g/mol. The Labute approximate surface area is 141 Å². The van der Waals surface area contributed by atoms with Crippen molar-refractivity contribution in [2.45, 2.75) is 25.6 Å². The molecule has 1 aromatic heterocycles. The highest BCUT2D eigenvalue weighted by Crippen LogP contribution is 2.30. The summed E-state index contributed by atoms with van der Waals surface area (Å²) in [5, 5.41) is 4.91. The van der Waals surface area contributed by atoms with E-state index >= 15 is 0 Å². The van der Waals surface area contributed by atoms with Gasteiger partial charge < -0.3 is 9.47 Å². The van der Waals surface area contributed by atoms with Gasteiger partial charge in [0, 0.05) is 31.5 Å². The zero-order chi connectivity index (χ0) is 16.2. The lowest BCUT2D eigenvalue weighted by atomic mass is 10.1. The number of nitrogens with zero attached hydrogens (tertiary/aromatic N) is 3. The summed E-state index contributed by atoms with van der Waals surface area (Å²) in [7, 11) is 1.63. The monoisotopic (exact) mass is 335 g/mol. The molecule has 0 amide bonds. The first-order valence-electron chi connectivity index (χ1n) is 7.84. The Bertz CT molecular complexity index is 633. The minimum Gasteiger partial charge on any atom is -0.495 e. The average Bonchev–Trinajstić information content (AvgIpc) is 3.07. The SMILES string of the molecule is COc1ccc(C(C)N2CCOC(Cn3cccn3)C2)cc1Cl. The minimum absolute atomic E-state index is 0.153. The average molecular weight is 336 g/mol. The highest BCUT2D eigenvalue weighted by molar-refractivity contribution is 6.32. The van der Waals surface area contributed by atoms with Crippen LogP contribution in [0.25, 0.3) is 0 Å². The Balaban J connectivity index is 1.66. The van der Waals surface area contributed by atoms with E-state index in [0.29, 0.717) is 10.8 Å². The number of benzene rings is 1. The first-order valence-corrected chi connectivity index (χ1v) is 8.21. The number of hydrogen-bond donors (Lipinski definition) is 0. The highest BCUT2D eigenvalue weighted by Gasteiger charge is 2.25. The van der Waals surface area contributed by atoms with Crippen molar-refractivity contribution in [2.75, 3.05) is 26.8 Å². The van der Waals surface area contributed by atoms with Crippen LogP contribution < -0.4 is 4.74 Å². The van der Waals surface area contributed by atoms with E-state index in [1.54, 1.807) is 13.3 Å². The third-order valence-corrected chi connectivity index (χ3v) is 4.62. The van der Waals surface area contributed by atoms with Crippen LogP contribution in [0.3, 0.4) is 0 Å². The Morgan fingerprint density at radius 3 is 3.04 bits per heavy atom. The van der Waals surface area contributed by atoms with Crippen LogP contribution in [0.2, 0.25) is 5.02 Å². The van der Waals surface area contributed by atoms with Gasteiger partial charge in [0.25, 0.3) is 0 Å². The van der Waals surface area contributed by atoms with Crippen LogP contribution in [0.15, 0.2) is 36.7 Å². The molecule has 1 aromatic carbocycles. The molecule has 2 atom stereocenters. The molecule has 0 bridgehead atoms. The number of ether oxygens (including phenoxy) is 2. The van der Waals surface area contributed by atoms with Gasteiger partial charge in [-0.3, -0.25) is 9.58 Å². The second kappa shape index (κ2) is 7.34. The summed E-state index contributed by atoms with van der Waals surface area (Å²) in [6.45, 7) is 5.51. The van der Waals surface area contributed by atoms with Gasteiger partial charge in [0.05, 0.1) is 31.4 Å². The second-order valence-electron chi connectivity index (χ2n) is 5.79. The lowest BCUT2D eigenvalue weighted by Crippen LogP contribution is -2.45. The summed E-state index contributed by atoms with van der Waals surface area (Å²) < 4.78 is 13.0. The maximum Gasteiger partial charge on any atom is 0.137 e. The van der Waals surface area contributed by atoms with E-state index in [0.717, 1.165) is 26.2 Å². The van der Waals surface area contributed by atoms with E-state index in [4.69, 9.17) is 21.1 Å². The summed E-state index contributed by atoms with van der Waals surface area (Å²) in [5.41, 5.74) is 1.19. The largest absolute Gasteiger partial charge is 0.495 e. The maximum atomic E-state index is 6.26. The summed E-state index contributed by atoms with van der Waals surface area (Å²) in [6, 6.07) is 8.21. The van der Waals surface area contributed by atoms with Gasteiger partial charge in [0.1, 0.15) is 5.75 Å². The smallest absolute Gasteiger partial charge is 0.137 e. The zero-order valence-corrected chi connectivity index (χ0v) is 14.2. The van der Waals surface area contributed by atoms with Crippen molar-refractivity contribution < 1.29 is 9.47 Å². The fourth-order valence-electron chi connectivity index (χ4n) is 2.97. The van der Waals surface area contributed by atoms with Gasteiger partial charge in [0.15, 0.2) is 0 Å². The molecule has 1 aliphatic rings. The molecular formula is C17H22ClN3O2. The lowest BCUT2D eigenvalue weighted by molar-refractivity contribution is -0.0497. The van der Waals surface area contributed by atoms with Gasteiger partial charge in [-0.25, -0.2) is 0 Å². The fourth-order valence-corrected chi connectivity index (χ4v) is 3.24. The topological polar surface area (TPSA) is 39.5 Å². The number of halogens is 1. The van der Waals surface area contributed by atoms with Crippen LogP contribution in [0.4, 0.5) is 0 Å². The van der Waals surface area contributed by atoms with Gasteiger partial charge >= 0.3 is 0 Å². The molecule has 1 fully saturated rings. The van der Waals surface area contributed by atoms with Crippen molar-refractivity contribution in [3.8, 4) is 5.75 Å². The quantitative estimate of drug-likeness (QED) is 0.842.